The lowest BCUT2D eigenvalue weighted by molar-refractivity contribution is -0.167. The highest BCUT2D eigenvalue weighted by atomic mass is 79.9. The lowest BCUT2D eigenvalue weighted by Crippen LogP contribution is -2.36. The highest BCUT2D eigenvalue weighted by Crippen LogP contribution is 2.30. The summed E-state index contributed by atoms with van der Waals surface area (Å²) in [6.07, 6.45) is -4.89. The quantitative estimate of drug-likeness (QED) is 0.889. The molecule has 0 atom stereocenters. The molecule has 1 saturated heterocycles. The van der Waals surface area contributed by atoms with E-state index in [0.29, 0.717) is 30.8 Å². The summed E-state index contributed by atoms with van der Waals surface area (Å²) in [5.74, 6) is -1.98. The molecule has 1 amide bonds. The van der Waals surface area contributed by atoms with E-state index in [1.165, 1.54) is 12.1 Å². The number of nitrogens with one attached hydrogen (secondary N) is 1. The molecule has 8 heteroatoms. The topological polar surface area (TPSA) is 41.6 Å². The Morgan fingerprint density at radius 2 is 1.95 bits per heavy atom. The number of carbonyl (C=O) groups is 1. The maximum Gasteiger partial charge on any atom is 0.471 e. The molecule has 1 aromatic rings. The molecule has 0 spiro atoms. The standard InChI is InChI=1S/C12H12BrF3N2O2/c13-9-7-8(17-11(19)12(14,15)16)1-2-10(9)18-3-5-20-6-4-18/h1-2,7H,3-6H2,(H,17,19). The van der Waals surface area contributed by atoms with Gasteiger partial charge in [-0.3, -0.25) is 4.79 Å². The predicted molar refractivity (Wildman–Crippen MR) is 71.9 cm³/mol. The number of hydrogen-bond acceptors (Lipinski definition) is 3. The van der Waals surface area contributed by atoms with Crippen molar-refractivity contribution in [3.05, 3.63) is 22.7 Å². The summed E-state index contributed by atoms with van der Waals surface area (Å²) in [6.45, 7) is 2.65. The average molecular weight is 353 g/mol. The Hall–Kier alpha value is -1.28. The Balaban J connectivity index is 2.11. The van der Waals surface area contributed by atoms with Crippen LogP contribution in [0.5, 0.6) is 0 Å². The fourth-order valence-electron chi connectivity index (χ4n) is 1.85. The van der Waals surface area contributed by atoms with E-state index >= 15 is 0 Å². The zero-order valence-corrected chi connectivity index (χ0v) is 11.9. The minimum atomic E-state index is -4.89. The lowest BCUT2D eigenvalue weighted by atomic mass is 10.2. The molecule has 1 aliphatic rings. The molecule has 0 aliphatic carbocycles. The van der Waals surface area contributed by atoms with Crippen LogP contribution < -0.4 is 10.2 Å². The first kappa shape index (κ1) is 15.1. The highest BCUT2D eigenvalue weighted by Gasteiger charge is 2.38. The summed E-state index contributed by atoms with van der Waals surface area (Å²) in [6, 6.07) is 4.56. The van der Waals surface area contributed by atoms with Crippen LogP contribution in [0.25, 0.3) is 0 Å². The number of rotatable bonds is 2. The van der Waals surface area contributed by atoms with E-state index < -0.39 is 12.1 Å². The predicted octanol–water partition coefficient (Wildman–Crippen LogP) is 2.79. The lowest BCUT2D eigenvalue weighted by Gasteiger charge is -2.29. The molecule has 0 radical (unpaired) electrons. The molecule has 0 bridgehead atoms. The summed E-state index contributed by atoms with van der Waals surface area (Å²) in [5.41, 5.74) is 0.953. The van der Waals surface area contributed by atoms with Gasteiger partial charge in [-0.05, 0) is 34.1 Å². The van der Waals surface area contributed by atoms with Gasteiger partial charge < -0.3 is 15.0 Å². The maximum absolute atomic E-state index is 12.2. The Bertz CT molecular complexity index is 502. The molecule has 1 fully saturated rings. The van der Waals surface area contributed by atoms with Gasteiger partial charge in [-0.2, -0.15) is 13.2 Å². The van der Waals surface area contributed by atoms with Gasteiger partial charge in [-0.15, -0.1) is 0 Å². The Labute approximate surface area is 122 Å². The van der Waals surface area contributed by atoms with Crippen LogP contribution in [0, 0.1) is 0 Å². The molecule has 0 aromatic heterocycles. The maximum atomic E-state index is 12.2. The van der Waals surface area contributed by atoms with Crippen molar-refractivity contribution in [2.75, 3.05) is 36.5 Å². The third kappa shape index (κ3) is 3.63. The fourth-order valence-corrected chi connectivity index (χ4v) is 2.48. The van der Waals surface area contributed by atoms with E-state index in [1.807, 2.05) is 5.32 Å². The van der Waals surface area contributed by atoms with Crippen LogP contribution in [0.15, 0.2) is 22.7 Å². The molecule has 1 heterocycles. The number of hydrogen-bond donors (Lipinski definition) is 1. The number of alkyl halides is 3. The van der Waals surface area contributed by atoms with Gasteiger partial charge in [0.25, 0.3) is 0 Å². The molecular formula is C12H12BrF3N2O2. The van der Waals surface area contributed by atoms with Gasteiger partial charge in [-0.1, -0.05) is 0 Å². The second kappa shape index (κ2) is 6.01. The van der Waals surface area contributed by atoms with Gasteiger partial charge in [0.15, 0.2) is 0 Å². The van der Waals surface area contributed by atoms with Crippen LogP contribution in [0.2, 0.25) is 0 Å². The number of ether oxygens (including phenoxy) is 1. The third-order valence-electron chi connectivity index (χ3n) is 2.81. The largest absolute Gasteiger partial charge is 0.471 e. The zero-order valence-electron chi connectivity index (χ0n) is 10.3. The van der Waals surface area contributed by atoms with Crippen LogP contribution in [0.4, 0.5) is 24.5 Å². The van der Waals surface area contributed by atoms with E-state index in [1.54, 1.807) is 6.07 Å². The highest BCUT2D eigenvalue weighted by molar-refractivity contribution is 9.10. The van der Waals surface area contributed by atoms with Gasteiger partial charge in [0, 0.05) is 23.2 Å². The van der Waals surface area contributed by atoms with Crippen molar-refractivity contribution < 1.29 is 22.7 Å². The summed E-state index contributed by atoms with van der Waals surface area (Å²) in [4.78, 5) is 12.9. The molecule has 0 saturated carbocycles. The van der Waals surface area contributed by atoms with Crippen molar-refractivity contribution in [1.29, 1.82) is 0 Å². The Morgan fingerprint density at radius 1 is 1.30 bits per heavy atom. The number of carbonyl (C=O) groups excluding carboxylic acids is 1. The molecule has 1 aromatic carbocycles. The van der Waals surface area contributed by atoms with Crippen molar-refractivity contribution in [2.45, 2.75) is 6.18 Å². The first-order valence-corrected chi connectivity index (χ1v) is 6.67. The molecule has 0 unspecified atom stereocenters. The first-order valence-electron chi connectivity index (χ1n) is 5.88. The van der Waals surface area contributed by atoms with E-state index in [9.17, 15) is 18.0 Å². The molecule has 1 aliphatic heterocycles. The van der Waals surface area contributed by atoms with Gasteiger partial charge in [-0.25, -0.2) is 0 Å². The summed E-state index contributed by atoms with van der Waals surface area (Å²) >= 11 is 3.31. The van der Waals surface area contributed by atoms with Crippen molar-refractivity contribution in [3.63, 3.8) is 0 Å². The van der Waals surface area contributed by atoms with Crippen molar-refractivity contribution in [1.82, 2.24) is 0 Å². The number of benzene rings is 1. The number of amides is 1. The first-order chi connectivity index (χ1) is 9.38. The molecular weight excluding hydrogens is 341 g/mol. The fraction of sp³-hybridized carbons (Fsp3) is 0.417. The average Bonchev–Trinajstić information content (AvgIpc) is 2.38. The normalized spacial score (nSPS) is 16.1. The Morgan fingerprint density at radius 3 is 2.50 bits per heavy atom. The van der Waals surface area contributed by atoms with E-state index in [-0.39, 0.29) is 5.69 Å². The van der Waals surface area contributed by atoms with Gasteiger partial charge >= 0.3 is 12.1 Å². The van der Waals surface area contributed by atoms with E-state index in [0.717, 1.165) is 5.69 Å². The minimum Gasteiger partial charge on any atom is -0.378 e. The summed E-state index contributed by atoms with van der Waals surface area (Å²) in [7, 11) is 0. The van der Waals surface area contributed by atoms with Crippen LogP contribution in [0.1, 0.15) is 0 Å². The van der Waals surface area contributed by atoms with Crippen LogP contribution in [-0.2, 0) is 9.53 Å². The number of halogens is 4. The van der Waals surface area contributed by atoms with Crippen LogP contribution in [0.3, 0.4) is 0 Å². The van der Waals surface area contributed by atoms with Crippen LogP contribution >= 0.6 is 15.9 Å². The molecule has 2 rings (SSSR count). The van der Waals surface area contributed by atoms with E-state index in [4.69, 9.17) is 4.74 Å². The molecule has 4 nitrogen and oxygen atoms in total. The third-order valence-corrected chi connectivity index (χ3v) is 3.45. The zero-order chi connectivity index (χ0) is 14.8. The van der Waals surface area contributed by atoms with Crippen molar-refractivity contribution in [3.8, 4) is 0 Å². The van der Waals surface area contributed by atoms with E-state index in [2.05, 4.69) is 20.8 Å². The van der Waals surface area contributed by atoms with Crippen LogP contribution in [-0.4, -0.2) is 38.4 Å². The van der Waals surface area contributed by atoms with Gasteiger partial charge in [0.05, 0.1) is 18.9 Å². The SMILES string of the molecule is O=C(Nc1ccc(N2CCOCC2)c(Br)c1)C(F)(F)F. The summed E-state index contributed by atoms with van der Waals surface area (Å²) < 4.78 is 42.3. The second-order valence-corrected chi connectivity index (χ2v) is 5.07. The second-order valence-electron chi connectivity index (χ2n) is 4.22. The number of anilines is 2. The van der Waals surface area contributed by atoms with Gasteiger partial charge in [0.1, 0.15) is 0 Å². The number of nitrogens with zero attached hydrogens (tertiary/aromatic N) is 1. The monoisotopic (exact) mass is 352 g/mol. The molecule has 20 heavy (non-hydrogen) atoms. The van der Waals surface area contributed by atoms with Gasteiger partial charge in [0.2, 0.25) is 0 Å². The molecule has 110 valence electrons. The molecule has 1 N–H and O–H groups in total. The Kier molecular flexibility index (Phi) is 4.54. The van der Waals surface area contributed by atoms with Crippen molar-refractivity contribution in [2.24, 2.45) is 0 Å². The summed E-state index contributed by atoms with van der Waals surface area (Å²) in [5, 5.41) is 1.82. The smallest absolute Gasteiger partial charge is 0.378 e. The number of morpholine rings is 1. The van der Waals surface area contributed by atoms with Crippen molar-refractivity contribution >= 4 is 33.2 Å². The minimum absolute atomic E-state index is 0.0937.